The van der Waals surface area contributed by atoms with Crippen LogP contribution in [0.25, 0.3) is 11.1 Å². The molecule has 0 saturated heterocycles. The highest BCUT2D eigenvalue weighted by Crippen LogP contribution is 2.20. The van der Waals surface area contributed by atoms with E-state index < -0.39 is 0 Å². The second-order valence-electron chi connectivity index (χ2n) is 4.94. The van der Waals surface area contributed by atoms with E-state index in [1.165, 1.54) is 5.56 Å². The SMILES string of the molecule is CCn1c(C(=O)NCCc2ccccc2)cc2occc21. The molecule has 1 amide bonds. The smallest absolute Gasteiger partial charge is 0.268 e. The Labute approximate surface area is 123 Å². The maximum Gasteiger partial charge on any atom is 0.268 e. The van der Waals surface area contributed by atoms with E-state index >= 15 is 0 Å². The van der Waals surface area contributed by atoms with E-state index in [-0.39, 0.29) is 5.91 Å². The minimum Gasteiger partial charge on any atom is -0.463 e. The molecule has 0 aliphatic rings. The number of rotatable bonds is 5. The summed E-state index contributed by atoms with van der Waals surface area (Å²) in [4.78, 5) is 12.3. The summed E-state index contributed by atoms with van der Waals surface area (Å²) in [6.07, 6.45) is 2.48. The molecular formula is C17H18N2O2. The average Bonchev–Trinajstić information content (AvgIpc) is 3.08. The van der Waals surface area contributed by atoms with Gasteiger partial charge in [-0.25, -0.2) is 0 Å². The molecule has 0 bridgehead atoms. The zero-order chi connectivity index (χ0) is 14.7. The number of furan rings is 1. The third kappa shape index (κ3) is 2.70. The van der Waals surface area contributed by atoms with Crippen LogP contribution in [-0.2, 0) is 13.0 Å². The summed E-state index contributed by atoms with van der Waals surface area (Å²) in [6.45, 7) is 3.39. The number of amides is 1. The molecule has 2 heterocycles. The van der Waals surface area contributed by atoms with Gasteiger partial charge in [0, 0.05) is 25.2 Å². The summed E-state index contributed by atoms with van der Waals surface area (Å²) >= 11 is 0. The van der Waals surface area contributed by atoms with Crippen molar-refractivity contribution in [3.63, 3.8) is 0 Å². The Morgan fingerprint density at radius 2 is 2.05 bits per heavy atom. The van der Waals surface area contributed by atoms with Crippen LogP contribution in [0.4, 0.5) is 0 Å². The fraction of sp³-hybridized carbons (Fsp3) is 0.235. The van der Waals surface area contributed by atoms with Gasteiger partial charge in [0.1, 0.15) is 5.69 Å². The molecule has 0 fully saturated rings. The van der Waals surface area contributed by atoms with Crippen LogP contribution in [0.1, 0.15) is 23.0 Å². The van der Waals surface area contributed by atoms with Crippen molar-refractivity contribution in [3.8, 4) is 0 Å². The van der Waals surface area contributed by atoms with Crippen LogP contribution >= 0.6 is 0 Å². The molecule has 21 heavy (non-hydrogen) atoms. The number of aryl methyl sites for hydroxylation is 1. The number of benzene rings is 1. The van der Waals surface area contributed by atoms with Gasteiger partial charge < -0.3 is 14.3 Å². The monoisotopic (exact) mass is 282 g/mol. The molecule has 0 aliphatic carbocycles. The Morgan fingerprint density at radius 3 is 2.81 bits per heavy atom. The Hall–Kier alpha value is -2.49. The summed E-state index contributed by atoms with van der Waals surface area (Å²) in [5, 5.41) is 2.97. The van der Waals surface area contributed by atoms with Gasteiger partial charge in [0.2, 0.25) is 0 Å². The average molecular weight is 282 g/mol. The van der Waals surface area contributed by atoms with Crippen molar-refractivity contribution < 1.29 is 9.21 Å². The van der Waals surface area contributed by atoms with E-state index in [2.05, 4.69) is 17.4 Å². The van der Waals surface area contributed by atoms with E-state index in [9.17, 15) is 4.79 Å². The van der Waals surface area contributed by atoms with Gasteiger partial charge in [-0.2, -0.15) is 0 Å². The lowest BCUT2D eigenvalue weighted by atomic mass is 10.1. The Balaban J connectivity index is 1.68. The van der Waals surface area contributed by atoms with Crippen molar-refractivity contribution >= 4 is 17.0 Å². The molecule has 4 heteroatoms. The van der Waals surface area contributed by atoms with Crippen LogP contribution < -0.4 is 5.32 Å². The van der Waals surface area contributed by atoms with E-state index in [4.69, 9.17) is 4.42 Å². The van der Waals surface area contributed by atoms with Crippen LogP contribution in [0.3, 0.4) is 0 Å². The highest BCUT2D eigenvalue weighted by Gasteiger charge is 2.15. The van der Waals surface area contributed by atoms with Crippen molar-refractivity contribution in [2.45, 2.75) is 19.9 Å². The first-order chi connectivity index (χ1) is 10.3. The number of nitrogens with zero attached hydrogens (tertiary/aromatic N) is 1. The lowest BCUT2D eigenvalue weighted by Crippen LogP contribution is -2.27. The summed E-state index contributed by atoms with van der Waals surface area (Å²) in [5.41, 5.74) is 3.59. The Bertz CT molecular complexity index is 741. The molecule has 3 aromatic rings. The molecule has 0 atom stereocenters. The number of fused-ring (bicyclic) bond motifs is 1. The third-order valence-corrected chi connectivity index (χ3v) is 3.61. The van der Waals surface area contributed by atoms with Gasteiger partial charge in [-0.05, 0) is 18.9 Å². The molecule has 0 spiro atoms. The van der Waals surface area contributed by atoms with E-state index in [1.54, 1.807) is 12.3 Å². The predicted octanol–water partition coefficient (Wildman–Crippen LogP) is 3.23. The van der Waals surface area contributed by atoms with Gasteiger partial charge in [0.25, 0.3) is 5.91 Å². The van der Waals surface area contributed by atoms with E-state index in [1.807, 2.05) is 35.8 Å². The summed E-state index contributed by atoms with van der Waals surface area (Å²) < 4.78 is 7.33. The van der Waals surface area contributed by atoms with Crippen molar-refractivity contribution in [2.75, 3.05) is 6.54 Å². The highest BCUT2D eigenvalue weighted by molar-refractivity contribution is 5.97. The number of nitrogens with one attached hydrogen (secondary N) is 1. The first-order valence-corrected chi connectivity index (χ1v) is 7.18. The third-order valence-electron chi connectivity index (χ3n) is 3.61. The van der Waals surface area contributed by atoms with Crippen LogP contribution in [-0.4, -0.2) is 17.0 Å². The molecule has 2 aromatic heterocycles. The molecule has 108 valence electrons. The van der Waals surface area contributed by atoms with Gasteiger partial charge in [0.15, 0.2) is 5.58 Å². The fourth-order valence-corrected chi connectivity index (χ4v) is 2.56. The number of carbonyl (C=O) groups excluding carboxylic acids is 1. The zero-order valence-electron chi connectivity index (χ0n) is 12.0. The minimum absolute atomic E-state index is 0.0563. The summed E-state index contributed by atoms with van der Waals surface area (Å²) in [5.74, 6) is -0.0563. The van der Waals surface area contributed by atoms with Gasteiger partial charge >= 0.3 is 0 Å². The summed E-state index contributed by atoms with van der Waals surface area (Å²) in [6, 6.07) is 13.8. The maximum absolute atomic E-state index is 12.3. The molecule has 1 N–H and O–H groups in total. The predicted molar refractivity (Wildman–Crippen MR) is 82.4 cm³/mol. The number of aromatic nitrogens is 1. The molecule has 1 aromatic carbocycles. The topological polar surface area (TPSA) is 47.2 Å². The molecule has 0 aliphatic heterocycles. The van der Waals surface area contributed by atoms with Gasteiger partial charge in [-0.15, -0.1) is 0 Å². The second-order valence-corrected chi connectivity index (χ2v) is 4.94. The lowest BCUT2D eigenvalue weighted by Gasteiger charge is -2.08. The zero-order valence-corrected chi connectivity index (χ0v) is 12.0. The fourth-order valence-electron chi connectivity index (χ4n) is 2.56. The van der Waals surface area contributed by atoms with Crippen molar-refractivity contribution in [2.24, 2.45) is 0 Å². The first kappa shape index (κ1) is 13.5. The number of hydrogen-bond acceptors (Lipinski definition) is 2. The van der Waals surface area contributed by atoms with Gasteiger partial charge in [-0.1, -0.05) is 30.3 Å². The van der Waals surface area contributed by atoms with Gasteiger partial charge in [-0.3, -0.25) is 4.79 Å². The number of hydrogen-bond donors (Lipinski definition) is 1. The highest BCUT2D eigenvalue weighted by atomic mass is 16.3. The largest absolute Gasteiger partial charge is 0.463 e. The Kier molecular flexibility index (Phi) is 3.77. The lowest BCUT2D eigenvalue weighted by molar-refractivity contribution is 0.0945. The van der Waals surface area contributed by atoms with Crippen LogP contribution in [0.15, 0.2) is 53.1 Å². The molecular weight excluding hydrogens is 264 g/mol. The maximum atomic E-state index is 12.3. The van der Waals surface area contributed by atoms with Crippen molar-refractivity contribution in [1.29, 1.82) is 0 Å². The standard InChI is InChI=1S/C17H18N2O2/c1-2-19-14-9-11-21-16(14)12-15(19)17(20)18-10-8-13-6-4-3-5-7-13/h3-7,9,11-12H,2,8,10H2,1H3,(H,18,20). The second kappa shape index (κ2) is 5.87. The first-order valence-electron chi connectivity index (χ1n) is 7.18. The quantitative estimate of drug-likeness (QED) is 0.781. The molecule has 3 rings (SSSR count). The van der Waals surface area contributed by atoms with Crippen LogP contribution in [0.2, 0.25) is 0 Å². The van der Waals surface area contributed by atoms with Crippen LogP contribution in [0, 0.1) is 0 Å². The van der Waals surface area contributed by atoms with E-state index in [0.717, 1.165) is 24.1 Å². The molecule has 0 saturated carbocycles. The van der Waals surface area contributed by atoms with Crippen molar-refractivity contribution in [3.05, 3.63) is 60.0 Å². The van der Waals surface area contributed by atoms with Gasteiger partial charge in [0.05, 0.1) is 11.8 Å². The van der Waals surface area contributed by atoms with E-state index in [0.29, 0.717) is 12.2 Å². The molecule has 0 radical (unpaired) electrons. The van der Waals surface area contributed by atoms with Crippen LogP contribution in [0.5, 0.6) is 0 Å². The molecule has 4 nitrogen and oxygen atoms in total. The molecule has 0 unspecified atom stereocenters. The normalized spacial score (nSPS) is 10.9. The van der Waals surface area contributed by atoms with Crippen molar-refractivity contribution in [1.82, 2.24) is 9.88 Å². The minimum atomic E-state index is -0.0563. The Morgan fingerprint density at radius 1 is 1.24 bits per heavy atom. The summed E-state index contributed by atoms with van der Waals surface area (Å²) in [7, 11) is 0. The number of carbonyl (C=O) groups is 1.